The van der Waals surface area contributed by atoms with Gasteiger partial charge in [0.05, 0.1) is 26.3 Å². The van der Waals surface area contributed by atoms with Crippen LogP contribution in [0, 0.1) is 0 Å². The average Bonchev–Trinajstić information content (AvgIpc) is 2.96. The van der Waals surface area contributed by atoms with Gasteiger partial charge < -0.3 is 9.47 Å². The number of para-hydroxylation sites is 1. The lowest BCUT2D eigenvalue weighted by Crippen LogP contribution is -2.18. The molecule has 0 aliphatic carbocycles. The van der Waals surface area contributed by atoms with Crippen LogP contribution in [0.3, 0.4) is 0 Å². The molecule has 0 aliphatic rings. The number of rotatable bonds is 5. The van der Waals surface area contributed by atoms with Crippen LogP contribution in [0.25, 0.3) is 11.4 Å². The quantitative estimate of drug-likeness (QED) is 0.785. The van der Waals surface area contributed by atoms with Crippen LogP contribution in [0.5, 0.6) is 11.5 Å². The van der Waals surface area contributed by atoms with E-state index in [1.54, 1.807) is 18.8 Å². The summed E-state index contributed by atoms with van der Waals surface area (Å²) in [4.78, 5) is 12.1. The molecule has 1 aromatic heterocycles. The lowest BCUT2D eigenvalue weighted by molar-refractivity contribution is 0.414. The predicted molar refractivity (Wildman–Crippen MR) is 86.9 cm³/mol. The first-order valence-corrected chi connectivity index (χ1v) is 7.14. The number of aromatic nitrogens is 3. The second-order valence-corrected chi connectivity index (χ2v) is 4.99. The van der Waals surface area contributed by atoms with Gasteiger partial charge in [0.25, 0.3) is 0 Å². The van der Waals surface area contributed by atoms with E-state index in [2.05, 4.69) is 10.2 Å². The van der Waals surface area contributed by atoms with Crippen molar-refractivity contribution in [1.82, 2.24) is 14.8 Å². The Bertz CT molecular complexity index is 850. The molecule has 1 N–H and O–H groups in total. The Balaban J connectivity index is 2.00. The molecule has 3 rings (SSSR count). The van der Waals surface area contributed by atoms with E-state index in [1.165, 1.54) is 0 Å². The lowest BCUT2D eigenvalue weighted by Gasteiger charge is -2.10. The molecule has 0 fully saturated rings. The topological polar surface area (TPSA) is 69.1 Å². The molecule has 0 bridgehead atoms. The number of hydrogen-bond donors (Lipinski definition) is 1. The minimum absolute atomic E-state index is 0.262. The fourth-order valence-electron chi connectivity index (χ4n) is 2.41. The van der Waals surface area contributed by atoms with Crippen molar-refractivity contribution in [3.05, 3.63) is 64.6 Å². The summed E-state index contributed by atoms with van der Waals surface area (Å²) in [6.45, 7) is 0.409. The molecule has 0 aliphatic heterocycles. The Kier molecular flexibility index (Phi) is 4.14. The molecule has 0 unspecified atom stereocenters. The molecule has 0 spiro atoms. The van der Waals surface area contributed by atoms with E-state index < -0.39 is 0 Å². The first-order chi connectivity index (χ1) is 11.2. The molecule has 0 saturated carbocycles. The van der Waals surface area contributed by atoms with E-state index in [9.17, 15) is 4.79 Å². The van der Waals surface area contributed by atoms with Crippen molar-refractivity contribution in [3.63, 3.8) is 0 Å². The monoisotopic (exact) mass is 311 g/mol. The fraction of sp³-hybridized carbons (Fsp3) is 0.176. The van der Waals surface area contributed by atoms with E-state index in [1.807, 2.05) is 48.5 Å². The Morgan fingerprint density at radius 3 is 2.48 bits per heavy atom. The van der Waals surface area contributed by atoms with Gasteiger partial charge in [-0.25, -0.2) is 9.89 Å². The van der Waals surface area contributed by atoms with Gasteiger partial charge >= 0.3 is 5.69 Å². The van der Waals surface area contributed by atoms with Gasteiger partial charge in [0.1, 0.15) is 11.5 Å². The van der Waals surface area contributed by atoms with Crippen molar-refractivity contribution >= 4 is 0 Å². The highest BCUT2D eigenvalue weighted by Gasteiger charge is 2.14. The molecule has 2 aromatic carbocycles. The Labute approximate surface area is 133 Å². The number of benzene rings is 2. The third kappa shape index (κ3) is 2.96. The summed E-state index contributed by atoms with van der Waals surface area (Å²) in [7, 11) is 3.22. The van der Waals surface area contributed by atoms with E-state index >= 15 is 0 Å². The highest BCUT2D eigenvalue weighted by atomic mass is 16.5. The first-order valence-electron chi connectivity index (χ1n) is 7.14. The van der Waals surface area contributed by atoms with Gasteiger partial charge in [-0.2, -0.15) is 5.10 Å². The molecule has 118 valence electrons. The van der Waals surface area contributed by atoms with Crippen LogP contribution < -0.4 is 15.2 Å². The van der Waals surface area contributed by atoms with Crippen LogP contribution in [-0.4, -0.2) is 29.0 Å². The molecule has 6 heteroatoms. The zero-order valence-corrected chi connectivity index (χ0v) is 12.9. The Morgan fingerprint density at radius 2 is 1.78 bits per heavy atom. The van der Waals surface area contributed by atoms with Crippen LogP contribution in [0.4, 0.5) is 0 Å². The van der Waals surface area contributed by atoms with Crippen molar-refractivity contribution in [2.75, 3.05) is 14.2 Å². The van der Waals surface area contributed by atoms with Gasteiger partial charge in [-0.05, 0) is 29.8 Å². The largest absolute Gasteiger partial charge is 0.497 e. The molecule has 0 radical (unpaired) electrons. The predicted octanol–water partition coefficient (Wildman–Crippen LogP) is 2.30. The normalized spacial score (nSPS) is 10.5. The summed E-state index contributed by atoms with van der Waals surface area (Å²) in [5.74, 6) is 1.99. The summed E-state index contributed by atoms with van der Waals surface area (Å²) >= 11 is 0. The van der Waals surface area contributed by atoms with Gasteiger partial charge in [0.15, 0.2) is 5.82 Å². The van der Waals surface area contributed by atoms with Crippen LogP contribution >= 0.6 is 0 Å². The van der Waals surface area contributed by atoms with Crippen molar-refractivity contribution < 1.29 is 9.47 Å². The molecular formula is C17H17N3O3. The third-order valence-corrected chi connectivity index (χ3v) is 3.61. The summed E-state index contributed by atoms with van der Waals surface area (Å²) in [5, 5.41) is 6.65. The van der Waals surface area contributed by atoms with Gasteiger partial charge in [0.2, 0.25) is 0 Å². The summed E-state index contributed by atoms with van der Waals surface area (Å²) in [5.41, 5.74) is 1.48. The third-order valence-electron chi connectivity index (χ3n) is 3.61. The fourth-order valence-corrected chi connectivity index (χ4v) is 2.41. The summed E-state index contributed by atoms with van der Waals surface area (Å²) in [6, 6.07) is 15.0. The standard InChI is InChI=1S/C17H17N3O3/c1-22-13-9-7-12(8-10-13)11-20-16(18-19-17(20)21)14-5-3-4-6-15(14)23-2/h3-10H,11H2,1-2H3,(H,19,21). The lowest BCUT2D eigenvalue weighted by atomic mass is 10.1. The van der Waals surface area contributed by atoms with Crippen LogP contribution in [0.2, 0.25) is 0 Å². The van der Waals surface area contributed by atoms with Crippen LogP contribution in [0.15, 0.2) is 53.3 Å². The van der Waals surface area contributed by atoms with E-state index in [0.29, 0.717) is 18.1 Å². The van der Waals surface area contributed by atoms with Crippen LogP contribution in [-0.2, 0) is 6.54 Å². The number of hydrogen-bond acceptors (Lipinski definition) is 4. The molecule has 0 atom stereocenters. The van der Waals surface area contributed by atoms with Gasteiger partial charge in [-0.1, -0.05) is 24.3 Å². The molecule has 0 amide bonds. The first kappa shape index (κ1) is 14.9. The highest BCUT2D eigenvalue weighted by Crippen LogP contribution is 2.27. The van der Waals surface area contributed by atoms with E-state index in [0.717, 1.165) is 16.9 Å². The molecule has 6 nitrogen and oxygen atoms in total. The highest BCUT2D eigenvalue weighted by molar-refractivity contribution is 5.64. The Hall–Kier alpha value is -3.02. The molecule has 23 heavy (non-hydrogen) atoms. The number of ether oxygens (including phenoxy) is 2. The van der Waals surface area contributed by atoms with Gasteiger partial charge in [-0.3, -0.25) is 4.57 Å². The molecular weight excluding hydrogens is 294 g/mol. The maximum absolute atomic E-state index is 12.1. The molecule has 3 aromatic rings. The molecule has 1 heterocycles. The zero-order valence-electron chi connectivity index (χ0n) is 12.9. The number of aromatic amines is 1. The van der Waals surface area contributed by atoms with E-state index in [-0.39, 0.29) is 5.69 Å². The van der Waals surface area contributed by atoms with Crippen molar-refractivity contribution in [1.29, 1.82) is 0 Å². The summed E-state index contributed by atoms with van der Waals surface area (Å²) < 4.78 is 12.1. The van der Waals surface area contributed by atoms with Crippen molar-refractivity contribution in [2.24, 2.45) is 0 Å². The van der Waals surface area contributed by atoms with Crippen molar-refractivity contribution in [3.8, 4) is 22.9 Å². The van der Waals surface area contributed by atoms with Crippen molar-refractivity contribution in [2.45, 2.75) is 6.54 Å². The number of H-pyrrole nitrogens is 1. The van der Waals surface area contributed by atoms with Gasteiger partial charge in [-0.15, -0.1) is 0 Å². The maximum atomic E-state index is 12.1. The minimum atomic E-state index is -0.262. The SMILES string of the molecule is COc1ccc(Cn2c(-c3ccccc3OC)n[nH]c2=O)cc1. The average molecular weight is 311 g/mol. The smallest absolute Gasteiger partial charge is 0.343 e. The minimum Gasteiger partial charge on any atom is -0.497 e. The van der Waals surface area contributed by atoms with Gasteiger partial charge in [0, 0.05) is 0 Å². The van der Waals surface area contributed by atoms with E-state index in [4.69, 9.17) is 9.47 Å². The number of nitrogens with zero attached hydrogens (tertiary/aromatic N) is 2. The second-order valence-electron chi connectivity index (χ2n) is 4.99. The zero-order chi connectivity index (χ0) is 16.2. The maximum Gasteiger partial charge on any atom is 0.343 e. The number of nitrogens with one attached hydrogen (secondary N) is 1. The second kappa shape index (κ2) is 6.39. The Morgan fingerprint density at radius 1 is 1.04 bits per heavy atom. The number of methoxy groups -OCH3 is 2. The van der Waals surface area contributed by atoms with Crippen LogP contribution in [0.1, 0.15) is 5.56 Å². The summed E-state index contributed by atoms with van der Waals surface area (Å²) in [6.07, 6.45) is 0. The molecule has 0 saturated heterocycles.